The first-order valence-electron chi connectivity index (χ1n) is 5.59. The van der Waals surface area contributed by atoms with E-state index in [2.05, 4.69) is 9.98 Å². The summed E-state index contributed by atoms with van der Waals surface area (Å²) in [4.78, 5) is 19.5. The molecule has 18 heavy (non-hydrogen) atoms. The van der Waals surface area contributed by atoms with E-state index in [9.17, 15) is 4.79 Å². The Morgan fingerprint density at radius 3 is 2.72 bits per heavy atom. The average molecular weight is 267 g/mol. The number of halogens is 1. The maximum absolute atomic E-state index is 11.9. The molecule has 96 valence electrons. The van der Waals surface area contributed by atoms with Gasteiger partial charge in [-0.15, -0.1) is 0 Å². The first-order valence-corrected chi connectivity index (χ1v) is 5.96. The molecule has 0 aliphatic heterocycles. The number of hydrogen-bond acceptors (Lipinski definition) is 2. The summed E-state index contributed by atoms with van der Waals surface area (Å²) in [6.07, 6.45) is 1.63. The van der Waals surface area contributed by atoms with E-state index < -0.39 is 0 Å². The number of guanidine groups is 1. The lowest BCUT2D eigenvalue weighted by molar-refractivity contribution is -0.119. The van der Waals surface area contributed by atoms with Crippen molar-refractivity contribution in [2.45, 2.75) is 19.8 Å². The Labute approximate surface area is 110 Å². The Balaban J connectivity index is 2.26. The van der Waals surface area contributed by atoms with Crippen molar-refractivity contribution in [1.29, 1.82) is 0 Å². The van der Waals surface area contributed by atoms with Gasteiger partial charge in [-0.05, 0) is 23.1 Å². The molecule has 1 saturated carbocycles. The molecule has 1 heterocycles. The number of nitrogens with two attached hydrogens (primary N) is 2. The van der Waals surface area contributed by atoms with Crippen molar-refractivity contribution < 1.29 is 4.79 Å². The number of pyridine rings is 1. The average Bonchev–Trinajstić information content (AvgIpc) is 2.80. The van der Waals surface area contributed by atoms with E-state index in [-0.39, 0.29) is 29.1 Å². The van der Waals surface area contributed by atoms with Crippen LogP contribution in [0.2, 0.25) is 5.15 Å². The van der Waals surface area contributed by atoms with Crippen LogP contribution in [0, 0.1) is 11.3 Å². The predicted molar refractivity (Wildman–Crippen MR) is 70.1 cm³/mol. The molecule has 2 unspecified atom stereocenters. The van der Waals surface area contributed by atoms with Crippen molar-refractivity contribution >= 4 is 23.5 Å². The Hall–Kier alpha value is -1.62. The van der Waals surface area contributed by atoms with E-state index in [1.54, 1.807) is 12.3 Å². The number of rotatable bonds is 2. The standard InChI is InChI=1S/C12H15ClN4O/c1-12(2)8(6-3-4-16-7(13)5-6)9(12)10(18)17-11(14)15/h3-5,8-9H,1-2H3,(H4,14,15,17,18). The summed E-state index contributed by atoms with van der Waals surface area (Å²) < 4.78 is 0. The minimum atomic E-state index is -0.280. The van der Waals surface area contributed by atoms with Gasteiger partial charge in [0.15, 0.2) is 5.96 Å². The van der Waals surface area contributed by atoms with Crippen LogP contribution in [0.3, 0.4) is 0 Å². The smallest absolute Gasteiger partial charge is 0.253 e. The van der Waals surface area contributed by atoms with Crippen LogP contribution in [0.5, 0.6) is 0 Å². The molecule has 0 aromatic carbocycles. The summed E-state index contributed by atoms with van der Waals surface area (Å²) in [5, 5.41) is 0.420. The summed E-state index contributed by atoms with van der Waals surface area (Å²) in [5.74, 6) is -0.612. The van der Waals surface area contributed by atoms with E-state index in [0.29, 0.717) is 5.15 Å². The van der Waals surface area contributed by atoms with Crippen LogP contribution in [0.4, 0.5) is 0 Å². The molecule has 0 bridgehead atoms. The zero-order valence-corrected chi connectivity index (χ0v) is 11.0. The molecule has 4 N–H and O–H groups in total. The van der Waals surface area contributed by atoms with Gasteiger partial charge in [-0.1, -0.05) is 25.4 Å². The fourth-order valence-corrected chi connectivity index (χ4v) is 2.71. The number of aromatic nitrogens is 1. The molecule has 5 nitrogen and oxygen atoms in total. The topological polar surface area (TPSA) is 94.4 Å². The lowest BCUT2D eigenvalue weighted by Gasteiger charge is -2.02. The van der Waals surface area contributed by atoms with Crippen LogP contribution < -0.4 is 11.5 Å². The molecule has 2 rings (SSSR count). The van der Waals surface area contributed by atoms with E-state index in [0.717, 1.165) is 5.56 Å². The van der Waals surface area contributed by atoms with Crippen molar-refractivity contribution in [3.8, 4) is 0 Å². The van der Waals surface area contributed by atoms with Crippen LogP contribution in [-0.2, 0) is 4.79 Å². The van der Waals surface area contributed by atoms with Crippen molar-refractivity contribution in [3.05, 3.63) is 29.0 Å². The monoisotopic (exact) mass is 266 g/mol. The summed E-state index contributed by atoms with van der Waals surface area (Å²) in [6.45, 7) is 4.02. The van der Waals surface area contributed by atoms with E-state index >= 15 is 0 Å². The van der Waals surface area contributed by atoms with Crippen molar-refractivity contribution in [3.63, 3.8) is 0 Å². The van der Waals surface area contributed by atoms with Crippen molar-refractivity contribution in [2.24, 2.45) is 27.8 Å². The van der Waals surface area contributed by atoms with Gasteiger partial charge in [0.1, 0.15) is 5.15 Å². The van der Waals surface area contributed by atoms with Crippen LogP contribution >= 0.6 is 11.6 Å². The van der Waals surface area contributed by atoms with Crippen LogP contribution in [0.25, 0.3) is 0 Å². The number of amides is 1. The molecule has 0 radical (unpaired) electrons. The van der Waals surface area contributed by atoms with E-state index in [1.165, 1.54) is 0 Å². The third-order valence-electron chi connectivity index (χ3n) is 3.44. The van der Waals surface area contributed by atoms with E-state index in [1.807, 2.05) is 19.9 Å². The number of hydrogen-bond donors (Lipinski definition) is 2. The van der Waals surface area contributed by atoms with Crippen LogP contribution in [0.1, 0.15) is 25.3 Å². The Kier molecular flexibility index (Phi) is 3.02. The highest BCUT2D eigenvalue weighted by Gasteiger charge is 2.62. The fraction of sp³-hybridized carbons (Fsp3) is 0.417. The molecule has 1 amide bonds. The van der Waals surface area contributed by atoms with Crippen molar-refractivity contribution in [2.75, 3.05) is 0 Å². The lowest BCUT2D eigenvalue weighted by atomic mass is 10.0. The summed E-state index contributed by atoms with van der Waals surface area (Å²) in [5.41, 5.74) is 11.3. The molecule has 1 aliphatic rings. The molecular formula is C12H15ClN4O. The van der Waals surface area contributed by atoms with E-state index in [4.69, 9.17) is 23.1 Å². The highest BCUT2D eigenvalue weighted by molar-refractivity contribution is 6.29. The van der Waals surface area contributed by atoms with Crippen LogP contribution in [0.15, 0.2) is 23.3 Å². The molecule has 0 saturated heterocycles. The molecule has 1 aliphatic carbocycles. The first kappa shape index (κ1) is 12.8. The van der Waals surface area contributed by atoms with Gasteiger partial charge in [-0.25, -0.2) is 4.98 Å². The SMILES string of the molecule is CC1(C)C(C(=O)N=C(N)N)C1c1ccnc(Cl)c1. The minimum Gasteiger partial charge on any atom is -0.370 e. The normalized spacial score (nSPS) is 24.4. The largest absolute Gasteiger partial charge is 0.370 e. The Morgan fingerprint density at radius 1 is 1.50 bits per heavy atom. The zero-order chi connectivity index (χ0) is 13.5. The van der Waals surface area contributed by atoms with Gasteiger partial charge in [0.05, 0.1) is 5.92 Å². The first-order chi connectivity index (χ1) is 8.34. The lowest BCUT2D eigenvalue weighted by Crippen LogP contribution is -2.25. The Bertz CT molecular complexity index is 523. The Morgan fingerprint density at radius 2 is 2.17 bits per heavy atom. The van der Waals surface area contributed by atoms with Gasteiger partial charge in [0.2, 0.25) is 0 Å². The maximum Gasteiger partial charge on any atom is 0.253 e. The molecule has 1 fully saturated rings. The third kappa shape index (κ3) is 2.18. The number of carbonyl (C=O) groups is 1. The van der Waals surface area contributed by atoms with Gasteiger partial charge in [-0.3, -0.25) is 4.79 Å². The third-order valence-corrected chi connectivity index (χ3v) is 3.65. The molecular weight excluding hydrogens is 252 g/mol. The van der Waals surface area contributed by atoms with Gasteiger partial charge in [-0.2, -0.15) is 4.99 Å². The summed E-state index contributed by atoms with van der Waals surface area (Å²) in [6, 6.07) is 3.64. The summed E-state index contributed by atoms with van der Waals surface area (Å²) in [7, 11) is 0. The molecule has 2 atom stereocenters. The second-order valence-corrected chi connectivity index (χ2v) is 5.45. The highest BCUT2D eigenvalue weighted by Crippen LogP contribution is 2.64. The van der Waals surface area contributed by atoms with Gasteiger partial charge < -0.3 is 11.5 Å². The number of carbonyl (C=O) groups excluding carboxylic acids is 1. The number of aliphatic imine (C=N–C) groups is 1. The molecule has 0 spiro atoms. The molecule has 1 aromatic heterocycles. The second-order valence-electron chi connectivity index (χ2n) is 5.06. The predicted octanol–water partition coefficient (Wildman–Crippen LogP) is 1.27. The van der Waals surface area contributed by atoms with Gasteiger partial charge >= 0.3 is 0 Å². The maximum atomic E-state index is 11.9. The zero-order valence-electron chi connectivity index (χ0n) is 10.2. The van der Waals surface area contributed by atoms with Gasteiger partial charge in [0.25, 0.3) is 5.91 Å². The minimum absolute atomic E-state index is 0.0774. The molecule has 6 heteroatoms. The fourth-order valence-electron chi connectivity index (χ4n) is 2.53. The van der Waals surface area contributed by atoms with Gasteiger partial charge in [0, 0.05) is 12.1 Å². The van der Waals surface area contributed by atoms with Crippen molar-refractivity contribution in [1.82, 2.24) is 4.98 Å². The second kappa shape index (κ2) is 4.24. The number of nitrogens with zero attached hydrogens (tertiary/aromatic N) is 2. The van der Waals surface area contributed by atoms with Crippen LogP contribution in [-0.4, -0.2) is 16.9 Å². The highest BCUT2D eigenvalue weighted by atomic mass is 35.5. The molecule has 1 aromatic rings. The quantitative estimate of drug-likeness (QED) is 0.479. The summed E-state index contributed by atoms with van der Waals surface area (Å²) >= 11 is 5.86.